The van der Waals surface area contributed by atoms with Crippen LogP contribution >= 0.6 is 0 Å². The molecule has 0 aliphatic carbocycles. The fourth-order valence-electron chi connectivity index (χ4n) is 3.61. The summed E-state index contributed by atoms with van der Waals surface area (Å²) in [6.07, 6.45) is 0.868. The molecule has 36 heavy (non-hydrogen) atoms. The third-order valence-corrected chi connectivity index (χ3v) is 5.76. The lowest BCUT2D eigenvalue weighted by atomic mass is 10.1. The number of nitrogens with one attached hydrogen (secondary N) is 1. The first-order chi connectivity index (χ1) is 17.3. The highest BCUT2D eigenvalue weighted by atomic mass is 16.5. The molecular weight excluding hydrogens is 460 g/mol. The summed E-state index contributed by atoms with van der Waals surface area (Å²) in [5.41, 5.74) is 1.59. The van der Waals surface area contributed by atoms with Crippen molar-refractivity contribution < 1.29 is 19.1 Å². The Balaban J connectivity index is 1.76. The number of ether oxygens (including phenoxy) is 2. The molecule has 2 aromatic carbocycles. The van der Waals surface area contributed by atoms with E-state index in [2.05, 4.69) is 34.6 Å². The van der Waals surface area contributed by atoms with Crippen molar-refractivity contribution in [2.75, 3.05) is 20.8 Å². The molecule has 0 spiro atoms. The van der Waals surface area contributed by atoms with Crippen LogP contribution in [0.25, 0.3) is 11.4 Å². The topological polar surface area (TPSA) is 111 Å². The fourth-order valence-corrected chi connectivity index (χ4v) is 3.61. The number of hydrogen-bond acceptors (Lipinski definition) is 7. The number of aromatic nitrogens is 4. The number of amides is 2. The summed E-state index contributed by atoms with van der Waals surface area (Å²) in [5, 5.41) is 15.4. The van der Waals surface area contributed by atoms with Gasteiger partial charge in [-0.3, -0.25) is 9.59 Å². The van der Waals surface area contributed by atoms with Crippen LogP contribution in [0.4, 0.5) is 0 Å². The van der Waals surface area contributed by atoms with E-state index in [9.17, 15) is 9.59 Å². The van der Waals surface area contributed by atoms with Crippen molar-refractivity contribution in [3.8, 4) is 22.9 Å². The van der Waals surface area contributed by atoms with Gasteiger partial charge < -0.3 is 19.7 Å². The highest BCUT2D eigenvalue weighted by molar-refractivity contribution is 5.87. The summed E-state index contributed by atoms with van der Waals surface area (Å²) in [4.78, 5) is 29.0. The number of rotatable bonds is 12. The Kier molecular flexibility index (Phi) is 9.38. The number of carbonyl (C=O) groups is 2. The van der Waals surface area contributed by atoms with E-state index in [0.29, 0.717) is 35.3 Å². The SMILES string of the molecule is COc1ccc(-c2nnn(CC(=O)N(Cc3ccccc3)[C@@H](C)C(=O)NCCC(C)C)n2)cc1OC. The minimum atomic E-state index is -0.668. The molecule has 0 aliphatic rings. The second kappa shape index (κ2) is 12.7. The van der Waals surface area contributed by atoms with Gasteiger partial charge in [0, 0.05) is 18.7 Å². The highest BCUT2D eigenvalue weighted by Crippen LogP contribution is 2.30. The Labute approximate surface area is 211 Å². The standard InChI is InChI=1S/C26H34N6O4/c1-18(2)13-14-27-26(34)19(3)31(16-20-9-7-6-8-10-20)24(33)17-32-29-25(28-30-32)21-11-12-22(35-4)23(15-21)36-5/h6-12,15,18-19H,13-14,16-17H2,1-5H3,(H,27,34)/t19-/m0/s1. The van der Waals surface area contributed by atoms with E-state index in [-0.39, 0.29) is 24.9 Å². The molecule has 3 aromatic rings. The minimum Gasteiger partial charge on any atom is -0.493 e. The monoisotopic (exact) mass is 494 g/mol. The molecule has 1 atom stereocenters. The van der Waals surface area contributed by atoms with Gasteiger partial charge in [-0.05, 0) is 48.2 Å². The lowest BCUT2D eigenvalue weighted by molar-refractivity contribution is -0.141. The summed E-state index contributed by atoms with van der Waals surface area (Å²) < 4.78 is 10.6. The maximum atomic E-state index is 13.4. The number of benzene rings is 2. The third-order valence-electron chi connectivity index (χ3n) is 5.76. The zero-order chi connectivity index (χ0) is 26.1. The van der Waals surface area contributed by atoms with Gasteiger partial charge in [-0.2, -0.15) is 4.80 Å². The molecule has 0 radical (unpaired) electrons. The van der Waals surface area contributed by atoms with Gasteiger partial charge in [0.15, 0.2) is 11.5 Å². The van der Waals surface area contributed by atoms with E-state index in [1.807, 2.05) is 30.3 Å². The van der Waals surface area contributed by atoms with Gasteiger partial charge in [0.05, 0.1) is 14.2 Å². The van der Waals surface area contributed by atoms with Crippen LogP contribution in [-0.4, -0.2) is 63.7 Å². The molecule has 3 rings (SSSR count). The summed E-state index contributed by atoms with van der Waals surface area (Å²) in [7, 11) is 3.11. The smallest absolute Gasteiger partial charge is 0.247 e. The molecule has 1 aromatic heterocycles. The van der Waals surface area contributed by atoms with Crippen LogP contribution in [0.1, 0.15) is 32.8 Å². The van der Waals surface area contributed by atoms with Crippen molar-refractivity contribution in [1.29, 1.82) is 0 Å². The molecule has 0 fully saturated rings. The lowest BCUT2D eigenvalue weighted by Crippen LogP contribution is -2.49. The van der Waals surface area contributed by atoms with Crippen LogP contribution < -0.4 is 14.8 Å². The molecular formula is C26H34N6O4. The molecule has 0 aliphatic heterocycles. The van der Waals surface area contributed by atoms with Crippen LogP contribution in [0.3, 0.4) is 0 Å². The van der Waals surface area contributed by atoms with Crippen molar-refractivity contribution in [1.82, 2.24) is 30.4 Å². The van der Waals surface area contributed by atoms with Gasteiger partial charge in [-0.15, -0.1) is 10.2 Å². The molecule has 1 N–H and O–H groups in total. The predicted molar refractivity (Wildman–Crippen MR) is 135 cm³/mol. The first-order valence-electron chi connectivity index (χ1n) is 11.9. The van der Waals surface area contributed by atoms with Crippen LogP contribution in [0.15, 0.2) is 48.5 Å². The van der Waals surface area contributed by atoms with Crippen LogP contribution in [0.2, 0.25) is 0 Å². The van der Waals surface area contributed by atoms with Crippen molar-refractivity contribution in [3.63, 3.8) is 0 Å². The van der Waals surface area contributed by atoms with E-state index in [1.165, 1.54) is 4.80 Å². The summed E-state index contributed by atoms with van der Waals surface area (Å²) in [6, 6.07) is 14.2. The summed E-state index contributed by atoms with van der Waals surface area (Å²) >= 11 is 0. The largest absolute Gasteiger partial charge is 0.493 e. The van der Waals surface area contributed by atoms with Gasteiger partial charge in [0.2, 0.25) is 17.6 Å². The maximum absolute atomic E-state index is 13.4. The second-order valence-electron chi connectivity index (χ2n) is 8.87. The number of nitrogens with zero attached hydrogens (tertiary/aromatic N) is 5. The van der Waals surface area contributed by atoms with E-state index in [4.69, 9.17) is 9.47 Å². The van der Waals surface area contributed by atoms with E-state index < -0.39 is 6.04 Å². The Hall–Kier alpha value is -3.95. The van der Waals surface area contributed by atoms with Gasteiger partial charge in [0.1, 0.15) is 12.6 Å². The van der Waals surface area contributed by atoms with Gasteiger partial charge in [-0.25, -0.2) is 0 Å². The minimum absolute atomic E-state index is 0.156. The zero-order valence-electron chi connectivity index (χ0n) is 21.5. The number of carbonyl (C=O) groups excluding carboxylic acids is 2. The Bertz CT molecular complexity index is 1150. The molecule has 192 valence electrons. The van der Waals surface area contributed by atoms with E-state index >= 15 is 0 Å². The normalized spacial score (nSPS) is 11.7. The second-order valence-corrected chi connectivity index (χ2v) is 8.87. The Morgan fingerprint density at radius 3 is 2.42 bits per heavy atom. The fraction of sp³-hybridized carbons (Fsp3) is 0.423. The predicted octanol–water partition coefficient (Wildman–Crippen LogP) is 2.94. The van der Waals surface area contributed by atoms with Gasteiger partial charge >= 0.3 is 0 Å². The van der Waals surface area contributed by atoms with E-state index in [0.717, 1.165) is 12.0 Å². The lowest BCUT2D eigenvalue weighted by Gasteiger charge is -2.28. The van der Waals surface area contributed by atoms with Crippen LogP contribution in [0, 0.1) is 5.92 Å². The molecule has 0 bridgehead atoms. The first-order valence-corrected chi connectivity index (χ1v) is 11.9. The summed E-state index contributed by atoms with van der Waals surface area (Å²) in [6.45, 7) is 6.62. The number of hydrogen-bond donors (Lipinski definition) is 1. The Morgan fingerprint density at radius 1 is 1.03 bits per heavy atom. The van der Waals surface area contributed by atoms with Crippen molar-refractivity contribution in [3.05, 3.63) is 54.1 Å². The molecule has 10 heteroatoms. The number of methoxy groups -OCH3 is 2. The average molecular weight is 495 g/mol. The van der Waals surface area contributed by atoms with Crippen molar-refractivity contribution in [2.45, 2.75) is 46.3 Å². The zero-order valence-corrected chi connectivity index (χ0v) is 21.5. The molecule has 2 amide bonds. The van der Waals surface area contributed by atoms with Gasteiger partial charge in [0.25, 0.3) is 0 Å². The Morgan fingerprint density at radius 2 is 1.75 bits per heavy atom. The van der Waals surface area contributed by atoms with E-state index in [1.54, 1.807) is 44.2 Å². The summed E-state index contributed by atoms with van der Waals surface area (Å²) in [5.74, 6) is 1.45. The first kappa shape index (κ1) is 26.7. The van der Waals surface area contributed by atoms with Crippen molar-refractivity contribution >= 4 is 11.8 Å². The number of tetrazole rings is 1. The highest BCUT2D eigenvalue weighted by Gasteiger charge is 2.27. The molecule has 0 unspecified atom stereocenters. The molecule has 1 heterocycles. The molecule has 0 saturated heterocycles. The average Bonchev–Trinajstić information content (AvgIpc) is 3.35. The quantitative estimate of drug-likeness (QED) is 0.412. The van der Waals surface area contributed by atoms with Crippen LogP contribution in [-0.2, 0) is 22.7 Å². The van der Waals surface area contributed by atoms with Crippen molar-refractivity contribution in [2.24, 2.45) is 5.92 Å². The third kappa shape index (κ3) is 7.03. The molecule has 0 saturated carbocycles. The van der Waals surface area contributed by atoms with Crippen LogP contribution in [0.5, 0.6) is 11.5 Å². The molecule has 10 nitrogen and oxygen atoms in total. The maximum Gasteiger partial charge on any atom is 0.247 e. The van der Waals surface area contributed by atoms with Gasteiger partial charge in [-0.1, -0.05) is 44.2 Å².